The van der Waals surface area contributed by atoms with Gasteiger partial charge in [-0.2, -0.15) is 0 Å². The van der Waals surface area contributed by atoms with E-state index in [0.717, 1.165) is 23.4 Å². The van der Waals surface area contributed by atoms with Crippen molar-refractivity contribution in [2.24, 2.45) is 10.9 Å². The number of aliphatic imine (C=N–C) groups is 1. The molecule has 2 aliphatic rings. The Morgan fingerprint density at radius 2 is 2.05 bits per heavy atom. The van der Waals surface area contributed by atoms with Crippen molar-refractivity contribution in [1.29, 1.82) is 0 Å². The van der Waals surface area contributed by atoms with E-state index in [-0.39, 0.29) is 16.4 Å². The topological polar surface area (TPSA) is 75.7 Å². The largest absolute Gasteiger partial charge is 0.371 e. The summed E-state index contributed by atoms with van der Waals surface area (Å²) in [7, 11) is 0. The zero-order chi connectivity index (χ0) is 13.6. The number of hydrogen-bond acceptors (Lipinski definition) is 5. The summed E-state index contributed by atoms with van der Waals surface area (Å²) in [6, 6.07) is 6.34. The highest BCUT2D eigenvalue weighted by atomic mass is 32.2. The van der Waals surface area contributed by atoms with E-state index in [2.05, 4.69) is 4.99 Å². The number of nitrogens with zero attached hydrogens (tertiary/aromatic N) is 2. The number of benzene rings is 1. The molecule has 1 spiro atoms. The second-order valence-corrected chi connectivity index (χ2v) is 6.51. The SMILES string of the molecule is CC1C(O)N=C(c2ccc([N+](=O)[O-])cc2)SC12CC2. The van der Waals surface area contributed by atoms with E-state index in [1.165, 1.54) is 12.1 Å². The second kappa shape index (κ2) is 4.31. The highest BCUT2D eigenvalue weighted by Crippen LogP contribution is 2.58. The number of rotatable bonds is 2. The lowest BCUT2D eigenvalue weighted by Crippen LogP contribution is -2.33. The maximum absolute atomic E-state index is 10.6. The van der Waals surface area contributed by atoms with Crippen molar-refractivity contribution in [3.63, 3.8) is 0 Å². The summed E-state index contributed by atoms with van der Waals surface area (Å²) in [6.07, 6.45) is 1.53. The van der Waals surface area contributed by atoms with E-state index in [0.29, 0.717) is 0 Å². The van der Waals surface area contributed by atoms with Crippen LogP contribution in [0.15, 0.2) is 29.3 Å². The third-order valence-electron chi connectivity index (χ3n) is 3.89. The molecule has 1 saturated carbocycles. The van der Waals surface area contributed by atoms with Crippen LogP contribution in [0.1, 0.15) is 25.3 Å². The van der Waals surface area contributed by atoms with E-state index in [4.69, 9.17) is 0 Å². The van der Waals surface area contributed by atoms with Gasteiger partial charge in [0.1, 0.15) is 11.3 Å². The fourth-order valence-corrected chi connectivity index (χ4v) is 3.77. The maximum atomic E-state index is 10.6. The molecule has 0 bridgehead atoms. The molecule has 3 rings (SSSR count). The molecule has 0 saturated heterocycles. The van der Waals surface area contributed by atoms with Crippen LogP contribution in [0.4, 0.5) is 5.69 Å². The fourth-order valence-electron chi connectivity index (χ4n) is 2.36. The van der Waals surface area contributed by atoms with E-state index in [1.54, 1.807) is 23.9 Å². The van der Waals surface area contributed by atoms with Gasteiger partial charge in [0.2, 0.25) is 0 Å². The van der Waals surface area contributed by atoms with E-state index < -0.39 is 11.2 Å². The smallest absolute Gasteiger partial charge is 0.269 e. The molecular formula is C13H14N2O3S. The Balaban J connectivity index is 1.90. The van der Waals surface area contributed by atoms with Crippen molar-refractivity contribution >= 4 is 22.5 Å². The molecule has 0 aromatic heterocycles. The minimum Gasteiger partial charge on any atom is -0.371 e. The second-order valence-electron chi connectivity index (χ2n) is 5.11. The predicted octanol–water partition coefficient (Wildman–Crippen LogP) is 2.58. The standard InChI is InChI=1S/C13H14N2O3S/c1-8-11(16)14-12(19-13(8)6-7-13)9-2-4-10(5-3-9)15(17)18/h2-5,8,11,16H,6-7H2,1H3. The van der Waals surface area contributed by atoms with Gasteiger partial charge in [0, 0.05) is 28.4 Å². The summed E-state index contributed by atoms with van der Waals surface area (Å²) in [5.41, 5.74) is 0.910. The number of aliphatic hydroxyl groups excluding tert-OH is 1. The van der Waals surface area contributed by atoms with Gasteiger partial charge in [0.25, 0.3) is 5.69 Å². The number of thioether (sulfide) groups is 1. The average Bonchev–Trinajstić information content (AvgIpc) is 3.16. The van der Waals surface area contributed by atoms with Crippen molar-refractivity contribution < 1.29 is 10.0 Å². The van der Waals surface area contributed by atoms with Crippen LogP contribution in [0.2, 0.25) is 0 Å². The van der Waals surface area contributed by atoms with Gasteiger partial charge < -0.3 is 5.11 Å². The van der Waals surface area contributed by atoms with E-state index in [9.17, 15) is 15.2 Å². The van der Waals surface area contributed by atoms with Gasteiger partial charge in [-0.15, -0.1) is 0 Å². The lowest BCUT2D eigenvalue weighted by Gasteiger charge is -2.31. The van der Waals surface area contributed by atoms with Crippen molar-refractivity contribution in [3.8, 4) is 0 Å². The molecule has 1 aliphatic heterocycles. The van der Waals surface area contributed by atoms with Crippen molar-refractivity contribution in [2.45, 2.75) is 30.7 Å². The molecule has 6 heteroatoms. The zero-order valence-electron chi connectivity index (χ0n) is 10.4. The van der Waals surface area contributed by atoms with Crippen molar-refractivity contribution in [2.75, 3.05) is 0 Å². The first-order chi connectivity index (χ1) is 9.02. The molecule has 0 amide bonds. The molecule has 1 fully saturated rings. The summed E-state index contributed by atoms with van der Waals surface area (Å²) in [5.74, 6) is 0.166. The number of aliphatic hydroxyl groups is 1. The fraction of sp³-hybridized carbons (Fsp3) is 0.462. The Labute approximate surface area is 114 Å². The van der Waals surface area contributed by atoms with Gasteiger partial charge in [0.05, 0.1) is 4.92 Å². The van der Waals surface area contributed by atoms with Crippen LogP contribution in [-0.4, -0.2) is 26.0 Å². The van der Waals surface area contributed by atoms with Crippen molar-refractivity contribution in [1.82, 2.24) is 0 Å². The Bertz CT molecular complexity index is 552. The van der Waals surface area contributed by atoms with Crippen LogP contribution in [0, 0.1) is 16.0 Å². The summed E-state index contributed by atoms with van der Waals surface area (Å²) >= 11 is 1.70. The Morgan fingerprint density at radius 1 is 1.42 bits per heavy atom. The molecule has 0 radical (unpaired) electrons. The summed E-state index contributed by atoms with van der Waals surface area (Å²) in [6.45, 7) is 2.03. The third-order valence-corrected chi connectivity index (χ3v) is 5.62. The molecule has 5 nitrogen and oxygen atoms in total. The van der Waals surface area contributed by atoms with Gasteiger partial charge >= 0.3 is 0 Å². The molecule has 1 heterocycles. The van der Waals surface area contributed by atoms with Crippen LogP contribution in [0.25, 0.3) is 0 Å². The zero-order valence-corrected chi connectivity index (χ0v) is 11.3. The van der Waals surface area contributed by atoms with Crippen LogP contribution in [0.5, 0.6) is 0 Å². The van der Waals surface area contributed by atoms with Crippen LogP contribution in [0.3, 0.4) is 0 Å². The molecule has 19 heavy (non-hydrogen) atoms. The highest BCUT2D eigenvalue weighted by Gasteiger charge is 2.53. The Hall–Kier alpha value is -1.40. The normalized spacial score (nSPS) is 28.0. The lowest BCUT2D eigenvalue weighted by atomic mass is 10.0. The molecule has 2 atom stereocenters. The maximum Gasteiger partial charge on any atom is 0.269 e. The molecule has 1 N–H and O–H groups in total. The van der Waals surface area contributed by atoms with Crippen molar-refractivity contribution in [3.05, 3.63) is 39.9 Å². The first-order valence-corrected chi connectivity index (χ1v) is 7.03. The predicted molar refractivity (Wildman–Crippen MR) is 74.4 cm³/mol. The van der Waals surface area contributed by atoms with E-state index in [1.807, 2.05) is 6.92 Å². The number of nitro groups is 1. The Kier molecular flexibility index (Phi) is 2.87. The molecule has 1 aliphatic carbocycles. The summed E-state index contributed by atoms with van der Waals surface area (Å²) < 4.78 is 0.123. The molecule has 1 aromatic rings. The third kappa shape index (κ3) is 2.15. The van der Waals surface area contributed by atoms with Crippen LogP contribution < -0.4 is 0 Å². The summed E-state index contributed by atoms with van der Waals surface area (Å²) in [5, 5.41) is 21.4. The first kappa shape index (κ1) is 12.6. The van der Waals surface area contributed by atoms with Gasteiger partial charge in [-0.3, -0.25) is 10.1 Å². The van der Waals surface area contributed by atoms with Gasteiger partial charge in [0.15, 0.2) is 0 Å². The molecule has 100 valence electrons. The van der Waals surface area contributed by atoms with Gasteiger partial charge in [-0.1, -0.05) is 18.7 Å². The lowest BCUT2D eigenvalue weighted by molar-refractivity contribution is -0.384. The van der Waals surface area contributed by atoms with Gasteiger partial charge in [-0.25, -0.2) is 4.99 Å². The minimum absolute atomic E-state index is 0.0696. The molecular weight excluding hydrogens is 264 g/mol. The molecule has 1 aromatic carbocycles. The summed E-state index contributed by atoms with van der Waals surface area (Å²) in [4.78, 5) is 14.5. The average molecular weight is 278 g/mol. The quantitative estimate of drug-likeness (QED) is 0.666. The molecule has 2 unspecified atom stereocenters. The highest BCUT2D eigenvalue weighted by molar-refractivity contribution is 8.15. The number of hydrogen-bond donors (Lipinski definition) is 1. The van der Waals surface area contributed by atoms with Gasteiger partial charge in [-0.05, 0) is 25.0 Å². The first-order valence-electron chi connectivity index (χ1n) is 6.21. The number of nitro benzene ring substituents is 1. The van der Waals surface area contributed by atoms with Crippen LogP contribution >= 0.6 is 11.8 Å². The van der Waals surface area contributed by atoms with Crippen LogP contribution in [-0.2, 0) is 0 Å². The monoisotopic (exact) mass is 278 g/mol. The van der Waals surface area contributed by atoms with E-state index >= 15 is 0 Å². The number of non-ortho nitro benzene ring substituents is 1. The minimum atomic E-state index is -0.672. The Morgan fingerprint density at radius 3 is 2.58 bits per heavy atom.